The predicted octanol–water partition coefficient (Wildman–Crippen LogP) is 3.59. The predicted molar refractivity (Wildman–Crippen MR) is 95.6 cm³/mol. The van der Waals surface area contributed by atoms with Gasteiger partial charge in [-0.2, -0.15) is 5.10 Å². The summed E-state index contributed by atoms with van der Waals surface area (Å²) in [6.07, 6.45) is 0.853. The van der Waals surface area contributed by atoms with Crippen LogP contribution >= 0.6 is 11.6 Å². The van der Waals surface area contributed by atoms with Gasteiger partial charge in [0.1, 0.15) is 5.75 Å². The lowest BCUT2D eigenvalue weighted by Gasteiger charge is -2.10. The summed E-state index contributed by atoms with van der Waals surface area (Å²) in [6.45, 7) is 0.611. The van der Waals surface area contributed by atoms with E-state index in [-0.39, 0.29) is 6.54 Å². The summed E-state index contributed by atoms with van der Waals surface area (Å²) >= 11 is 6.28. The number of methoxy groups -OCH3 is 1. The number of rotatable bonds is 3. The second-order valence-corrected chi connectivity index (χ2v) is 6.38. The molecule has 8 heteroatoms. The van der Waals surface area contributed by atoms with Crippen LogP contribution in [0.3, 0.4) is 0 Å². The molecule has 0 fully saturated rings. The molecule has 1 amide bonds. The molecule has 0 aliphatic carbocycles. The number of aromatic nitrogens is 3. The van der Waals surface area contributed by atoms with E-state index in [9.17, 15) is 4.79 Å². The number of halogens is 1. The molecule has 1 N–H and O–H groups in total. The van der Waals surface area contributed by atoms with Gasteiger partial charge in [0.2, 0.25) is 0 Å². The van der Waals surface area contributed by atoms with Gasteiger partial charge in [-0.25, -0.2) is 14.5 Å². The van der Waals surface area contributed by atoms with Crippen LogP contribution in [0.25, 0.3) is 17.1 Å². The van der Waals surface area contributed by atoms with E-state index in [1.54, 1.807) is 30.1 Å². The molecular formula is C18H15ClN4O3. The number of hydrogen-bond donors (Lipinski definition) is 1. The Labute approximate surface area is 154 Å². The standard InChI is InChI=1S/C18H15ClN4O3/c1-26-14-4-2-11(3-5-14)15-6-13(19)7-17(20-15)23-9-12-8-22(18(24)25)10-16(12)21-23/h2-7,9H,8,10H2,1H3,(H,24,25). The Balaban J connectivity index is 1.67. The van der Waals surface area contributed by atoms with E-state index in [0.717, 1.165) is 28.3 Å². The molecule has 0 saturated heterocycles. The fourth-order valence-corrected chi connectivity index (χ4v) is 3.12. The van der Waals surface area contributed by atoms with Crippen LogP contribution < -0.4 is 4.74 Å². The van der Waals surface area contributed by atoms with E-state index in [0.29, 0.717) is 17.4 Å². The van der Waals surface area contributed by atoms with Crippen LogP contribution in [0.1, 0.15) is 11.3 Å². The quantitative estimate of drug-likeness (QED) is 0.762. The van der Waals surface area contributed by atoms with Gasteiger partial charge >= 0.3 is 6.09 Å². The topological polar surface area (TPSA) is 80.5 Å². The minimum Gasteiger partial charge on any atom is -0.497 e. The van der Waals surface area contributed by atoms with Gasteiger partial charge in [-0.3, -0.25) is 4.90 Å². The van der Waals surface area contributed by atoms with Crippen LogP contribution in [0, 0.1) is 0 Å². The first-order valence-electron chi connectivity index (χ1n) is 7.91. The largest absolute Gasteiger partial charge is 0.497 e. The van der Waals surface area contributed by atoms with Crippen LogP contribution in [0.5, 0.6) is 5.75 Å². The van der Waals surface area contributed by atoms with E-state index in [1.807, 2.05) is 24.3 Å². The molecule has 3 aromatic rings. The lowest BCUT2D eigenvalue weighted by molar-refractivity contribution is 0.144. The monoisotopic (exact) mass is 370 g/mol. The Morgan fingerprint density at radius 2 is 2.00 bits per heavy atom. The average molecular weight is 371 g/mol. The first-order valence-corrected chi connectivity index (χ1v) is 8.29. The van der Waals surface area contributed by atoms with Crippen molar-refractivity contribution in [3.63, 3.8) is 0 Å². The van der Waals surface area contributed by atoms with E-state index in [4.69, 9.17) is 21.4 Å². The Bertz CT molecular complexity index is 961. The molecule has 4 rings (SSSR count). The van der Waals surface area contributed by atoms with Gasteiger partial charge in [0.15, 0.2) is 5.82 Å². The van der Waals surface area contributed by atoms with Crippen molar-refractivity contribution in [1.29, 1.82) is 0 Å². The van der Waals surface area contributed by atoms with Gasteiger partial charge in [0.05, 0.1) is 31.6 Å². The van der Waals surface area contributed by atoms with Crippen molar-refractivity contribution in [2.45, 2.75) is 13.1 Å². The lowest BCUT2D eigenvalue weighted by atomic mass is 10.1. The molecule has 1 aliphatic heterocycles. The van der Waals surface area contributed by atoms with E-state index >= 15 is 0 Å². The van der Waals surface area contributed by atoms with Crippen molar-refractivity contribution in [3.8, 4) is 22.8 Å². The maximum Gasteiger partial charge on any atom is 0.407 e. The Kier molecular flexibility index (Phi) is 4.00. The van der Waals surface area contributed by atoms with Crippen LogP contribution in [-0.2, 0) is 13.1 Å². The molecule has 0 unspecified atom stereocenters. The maximum atomic E-state index is 11.1. The van der Waals surface area contributed by atoms with Crippen LogP contribution in [0.2, 0.25) is 5.02 Å². The molecule has 0 spiro atoms. The van der Waals surface area contributed by atoms with Gasteiger partial charge in [-0.05, 0) is 30.3 Å². The number of carbonyl (C=O) groups is 1. The normalized spacial score (nSPS) is 12.9. The van der Waals surface area contributed by atoms with Crippen molar-refractivity contribution < 1.29 is 14.6 Å². The summed E-state index contributed by atoms with van der Waals surface area (Å²) < 4.78 is 6.82. The fraction of sp³-hybridized carbons (Fsp3) is 0.167. The number of carboxylic acid groups (broad SMARTS) is 1. The van der Waals surface area contributed by atoms with Crippen molar-refractivity contribution >= 4 is 17.7 Å². The fourth-order valence-electron chi connectivity index (χ4n) is 2.92. The molecule has 2 aromatic heterocycles. The third-order valence-electron chi connectivity index (χ3n) is 4.25. The second-order valence-electron chi connectivity index (χ2n) is 5.94. The maximum absolute atomic E-state index is 11.1. The molecular weight excluding hydrogens is 356 g/mol. The second kappa shape index (κ2) is 6.34. The van der Waals surface area contributed by atoms with E-state index in [2.05, 4.69) is 10.1 Å². The highest BCUT2D eigenvalue weighted by Crippen LogP contribution is 2.27. The van der Waals surface area contributed by atoms with Gasteiger partial charge in [0, 0.05) is 28.4 Å². The summed E-state index contributed by atoms with van der Waals surface area (Å²) in [7, 11) is 1.62. The van der Waals surface area contributed by atoms with Gasteiger partial charge in [-0.1, -0.05) is 11.6 Å². The number of benzene rings is 1. The highest BCUT2D eigenvalue weighted by Gasteiger charge is 2.26. The van der Waals surface area contributed by atoms with Crippen molar-refractivity contribution in [1.82, 2.24) is 19.7 Å². The number of fused-ring (bicyclic) bond motifs is 1. The van der Waals surface area contributed by atoms with Crippen LogP contribution in [-0.4, -0.2) is 38.0 Å². The minimum absolute atomic E-state index is 0.281. The highest BCUT2D eigenvalue weighted by molar-refractivity contribution is 6.31. The number of pyridine rings is 1. The summed E-state index contributed by atoms with van der Waals surface area (Å²) in [5.74, 6) is 1.35. The number of amides is 1. The minimum atomic E-state index is -0.947. The van der Waals surface area contributed by atoms with Gasteiger partial charge < -0.3 is 9.84 Å². The smallest absolute Gasteiger partial charge is 0.407 e. The summed E-state index contributed by atoms with van der Waals surface area (Å²) in [5.41, 5.74) is 3.24. The Hall–Kier alpha value is -3.06. The molecule has 3 heterocycles. The van der Waals surface area contributed by atoms with E-state index in [1.165, 1.54) is 4.90 Å². The Morgan fingerprint density at radius 3 is 2.65 bits per heavy atom. The van der Waals surface area contributed by atoms with Crippen LogP contribution in [0.15, 0.2) is 42.6 Å². The van der Waals surface area contributed by atoms with Gasteiger partial charge in [0.25, 0.3) is 0 Å². The number of ether oxygens (including phenoxy) is 1. The van der Waals surface area contributed by atoms with Crippen molar-refractivity contribution in [3.05, 3.63) is 58.9 Å². The van der Waals surface area contributed by atoms with Gasteiger partial charge in [-0.15, -0.1) is 0 Å². The molecule has 1 aliphatic rings. The van der Waals surface area contributed by atoms with Crippen molar-refractivity contribution in [2.24, 2.45) is 0 Å². The highest BCUT2D eigenvalue weighted by atomic mass is 35.5. The lowest BCUT2D eigenvalue weighted by Crippen LogP contribution is -2.23. The average Bonchev–Trinajstić information content (AvgIpc) is 3.20. The first-order chi connectivity index (χ1) is 12.5. The summed E-state index contributed by atoms with van der Waals surface area (Å²) in [6, 6.07) is 11.1. The van der Waals surface area contributed by atoms with Crippen LogP contribution in [0.4, 0.5) is 4.79 Å². The SMILES string of the molecule is COc1ccc(-c2cc(Cl)cc(-n3cc4c(n3)CN(C(=O)O)C4)n2)cc1. The molecule has 7 nitrogen and oxygen atoms in total. The summed E-state index contributed by atoms with van der Waals surface area (Å²) in [4.78, 5) is 17.0. The first kappa shape index (κ1) is 16.4. The molecule has 26 heavy (non-hydrogen) atoms. The molecule has 0 radical (unpaired) electrons. The Morgan fingerprint density at radius 1 is 1.23 bits per heavy atom. The van der Waals surface area contributed by atoms with Crippen molar-refractivity contribution in [2.75, 3.05) is 7.11 Å². The zero-order chi connectivity index (χ0) is 18.3. The zero-order valence-electron chi connectivity index (χ0n) is 13.9. The molecule has 0 atom stereocenters. The molecule has 0 bridgehead atoms. The third-order valence-corrected chi connectivity index (χ3v) is 4.46. The molecule has 0 saturated carbocycles. The number of nitrogens with zero attached hydrogens (tertiary/aromatic N) is 4. The summed E-state index contributed by atoms with van der Waals surface area (Å²) in [5, 5.41) is 14.1. The van der Waals surface area contributed by atoms with E-state index < -0.39 is 6.09 Å². The molecule has 1 aromatic carbocycles. The third kappa shape index (κ3) is 2.97. The number of hydrogen-bond acceptors (Lipinski definition) is 4. The zero-order valence-corrected chi connectivity index (χ0v) is 14.6. The molecule has 132 valence electrons.